The van der Waals surface area contributed by atoms with E-state index < -0.39 is 18.1 Å². The van der Waals surface area contributed by atoms with Crippen LogP contribution in [0, 0.1) is 6.92 Å². The van der Waals surface area contributed by atoms with Crippen molar-refractivity contribution in [1.82, 2.24) is 14.5 Å². The summed E-state index contributed by atoms with van der Waals surface area (Å²) in [5, 5.41) is 19.6. The molecule has 9 nitrogen and oxygen atoms in total. The summed E-state index contributed by atoms with van der Waals surface area (Å²) in [5.41, 5.74) is 5.51. The maximum absolute atomic E-state index is 12.5. The number of anilines is 1. The van der Waals surface area contributed by atoms with Crippen LogP contribution in [-0.4, -0.2) is 61.9 Å². The number of nitrogens with one attached hydrogen (secondary N) is 1. The van der Waals surface area contributed by atoms with Crippen molar-refractivity contribution in [2.75, 3.05) is 18.4 Å². The Labute approximate surface area is 232 Å². The van der Waals surface area contributed by atoms with E-state index >= 15 is 0 Å². The van der Waals surface area contributed by atoms with Crippen LogP contribution >= 0.6 is 0 Å². The lowest BCUT2D eigenvalue weighted by atomic mass is 9.99. The molecule has 1 aliphatic heterocycles. The fraction of sp³-hybridized carbons (Fsp3) is 0.241. The number of aromatic carboxylic acids is 1. The molecule has 1 aromatic heterocycles. The van der Waals surface area contributed by atoms with E-state index in [0.29, 0.717) is 12.1 Å². The number of aryl methyl sites for hydroxylation is 1. The minimum atomic E-state index is -5.08. The van der Waals surface area contributed by atoms with Gasteiger partial charge in [0.2, 0.25) is 0 Å². The van der Waals surface area contributed by atoms with Crippen molar-refractivity contribution in [2.24, 2.45) is 0 Å². The van der Waals surface area contributed by atoms with E-state index in [0.717, 1.165) is 59.6 Å². The van der Waals surface area contributed by atoms with E-state index in [1.807, 2.05) is 66.4 Å². The number of aliphatic carboxylic acids is 1. The van der Waals surface area contributed by atoms with Gasteiger partial charge in [0, 0.05) is 25.3 Å². The van der Waals surface area contributed by atoms with Crippen LogP contribution in [0.15, 0.2) is 66.7 Å². The van der Waals surface area contributed by atoms with Gasteiger partial charge in [0.05, 0.1) is 16.6 Å². The lowest BCUT2D eigenvalue weighted by Crippen LogP contribution is -2.32. The van der Waals surface area contributed by atoms with Crippen LogP contribution in [0.1, 0.15) is 34.6 Å². The third kappa shape index (κ3) is 7.02. The smallest absolute Gasteiger partial charge is 0.478 e. The summed E-state index contributed by atoms with van der Waals surface area (Å²) in [4.78, 5) is 39.5. The lowest BCUT2D eigenvalue weighted by molar-refractivity contribution is -0.192. The summed E-state index contributed by atoms with van der Waals surface area (Å²) >= 11 is 0. The van der Waals surface area contributed by atoms with Crippen molar-refractivity contribution in [1.29, 1.82) is 0 Å². The molecule has 1 aliphatic rings. The van der Waals surface area contributed by atoms with Gasteiger partial charge >= 0.3 is 24.1 Å². The number of aromatic nitrogens is 2. The Balaban J connectivity index is 0.000000493. The number of imidazole rings is 1. The number of halogens is 3. The molecule has 2 heterocycles. The number of urea groups is 1. The number of hydrogen-bond donors (Lipinski definition) is 3. The molecule has 0 atom stereocenters. The SMILES string of the molecule is Cc1nc2ccc(NC(=O)N3CCCC3)cc2n1Cc1ccc(-c2ccccc2C(=O)O)cc1.O=C(O)C(F)(F)F. The van der Waals surface area contributed by atoms with E-state index in [1.54, 1.807) is 12.1 Å². The molecule has 0 aliphatic carbocycles. The number of fused-ring (bicyclic) bond motifs is 1. The van der Waals surface area contributed by atoms with Crippen LogP contribution in [-0.2, 0) is 11.3 Å². The van der Waals surface area contributed by atoms with Crippen LogP contribution in [0.3, 0.4) is 0 Å². The molecule has 214 valence electrons. The maximum Gasteiger partial charge on any atom is 0.490 e. The first-order valence-electron chi connectivity index (χ1n) is 12.7. The Morgan fingerprint density at radius 3 is 2.20 bits per heavy atom. The fourth-order valence-electron chi connectivity index (χ4n) is 4.54. The van der Waals surface area contributed by atoms with Crippen LogP contribution in [0.4, 0.5) is 23.7 Å². The Morgan fingerprint density at radius 1 is 0.951 bits per heavy atom. The first-order chi connectivity index (χ1) is 19.4. The number of likely N-dealkylation sites (tertiary alicyclic amines) is 1. The molecule has 0 saturated carbocycles. The van der Waals surface area contributed by atoms with Gasteiger partial charge in [0.1, 0.15) is 5.82 Å². The standard InChI is InChI=1S/C27H26N4O3.C2HF3O2/c1-18-28-24-13-12-21(29-27(34)30-14-4-5-15-30)16-25(24)31(18)17-19-8-10-20(11-9-19)22-6-2-3-7-23(22)26(32)33;3-2(4,5)1(6)7/h2-3,6-13,16H,4-5,14-15,17H2,1H3,(H,29,34)(H,32,33);(H,6,7). The lowest BCUT2D eigenvalue weighted by Gasteiger charge is -2.16. The highest BCUT2D eigenvalue weighted by atomic mass is 19.4. The van der Waals surface area contributed by atoms with Crippen LogP contribution < -0.4 is 5.32 Å². The Bertz CT molecular complexity index is 1580. The molecule has 1 fully saturated rings. The first-order valence-corrected chi connectivity index (χ1v) is 12.7. The first kappa shape index (κ1) is 29.1. The van der Waals surface area contributed by atoms with Gasteiger partial charge in [-0.3, -0.25) is 0 Å². The second-order valence-corrected chi connectivity index (χ2v) is 9.42. The molecule has 12 heteroatoms. The van der Waals surface area contributed by atoms with Crippen molar-refractivity contribution < 1.29 is 37.8 Å². The number of carbonyl (C=O) groups is 3. The second-order valence-electron chi connectivity index (χ2n) is 9.42. The molecule has 0 unspecified atom stereocenters. The van der Waals surface area contributed by atoms with Crippen molar-refractivity contribution >= 4 is 34.7 Å². The molecule has 4 aromatic rings. The van der Waals surface area contributed by atoms with E-state index in [1.165, 1.54) is 0 Å². The minimum absolute atomic E-state index is 0.0585. The van der Waals surface area contributed by atoms with Crippen molar-refractivity contribution in [3.63, 3.8) is 0 Å². The molecule has 2 amide bonds. The Hall–Kier alpha value is -4.87. The van der Waals surface area contributed by atoms with Gasteiger partial charge in [0.25, 0.3) is 0 Å². The van der Waals surface area contributed by atoms with Crippen molar-refractivity contribution in [3.8, 4) is 11.1 Å². The van der Waals surface area contributed by atoms with Gasteiger partial charge in [-0.1, -0.05) is 42.5 Å². The van der Waals surface area contributed by atoms with E-state index in [4.69, 9.17) is 9.90 Å². The average Bonchev–Trinajstić information content (AvgIpc) is 3.58. The molecular formula is C29H27F3N4O5. The number of rotatable bonds is 5. The van der Waals surface area contributed by atoms with Crippen molar-refractivity contribution in [3.05, 3.63) is 83.7 Å². The zero-order chi connectivity index (χ0) is 29.7. The summed E-state index contributed by atoms with van der Waals surface area (Å²) in [6.07, 6.45) is -2.97. The van der Waals surface area contributed by atoms with Crippen LogP contribution in [0.2, 0.25) is 0 Å². The molecule has 0 bridgehead atoms. The quantitative estimate of drug-likeness (QED) is 0.271. The molecule has 5 rings (SSSR count). The monoisotopic (exact) mass is 568 g/mol. The number of nitrogens with zero attached hydrogens (tertiary/aromatic N) is 3. The summed E-state index contributed by atoms with van der Waals surface area (Å²) < 4.78 is 33.9. The van der Waals surface area contributed by atoms with Gasteiger partial charge in [-0.25, -0.2) is 19.4 Å². The molecule has 1 saturated heterocycles. The minimum Gasteiger partial charge on any atom is -0.478 e. The topological polar surface area (TPSA) is 125 Å². The number of carboxylic acid groups (broad SMARTS) is 2. The van der Waals surface area contributed by atoms with Gasteiger partial charge < -0.3 is 25.0 Å². The number of alkyl halides is 3. The fourth-order valence-corrected chi connectivity index (χ4v) is 4.54. The number of hydrogen-bond acceptors (Lipinski definition) is 4. The summed E-state index contributed by atoms with van der Waals surface area (Å²) in [5.74, 6) is -2.81. The zero-order valence-corrected chi connectivity index (χ0v) is 22.0. The van der Waals surface area contributed by atoms with Gasteiger partial charge in [-0.15, -0.1) is 0 Å². The Kier molecular flexibility index (Phi) is 8.60. The molecule has 3 N–H and O–H groups in total. The highest BCUT2D eigenvalue weighted by molar-refractivity contribution is 5.96. The molecule has 41 heavy (non-hydrogen) atoms. The number of carboxylic acids is 2. The third-order valence-corrected chi connectivity index (χ3v) is 6.59. The van der Waals surface area contributed by atoms with E-state index in [-0.39, 0.29) is 11.6 Å². The predicted molar refractivity (Wildman–Crippen MR) is 146 cm³/mol. The van der Waals surface area contributed by atoms with Crippen molar-refractivity contribution in [2.45, 2.75) is 32.5 Å². The third-order valence-electron chi connectivity index (χ3n) is 6.59. The molecule has 0 spiro atoms. The summed E-state index contributed by atoms with van der Waals surface area (Å²) in [6, 6.07) is 20.7. The number of amides is 2. The highest BCUT2D eigenvalue weighted by Crippen LogP contribution is 2.26. The van der Waals surface area contributed by atoms with Gasteiger partial charge in [-0.2, -0.15) is 13.2 Å². The largest absolute Gasteiger partial charge is 0.490 e. The number of carbonyl (C=O) groups excluding carboxylic acids is 1. The summed E-state index contributed by atoms with van der Waals surface area (Å²) in [7, 11) is 0. The van der Waals surface area contributed by atoms with E-state index in [2.05, 4.69) is 14.9 Å². The van der Waals surface area contributed by atoms with Crippen LogP contribution in [0.5, 0.6) is 0 Å². The molecule has 0 radical (unpaired) electrons. The number of benzene rings is 3. The Morgan fingerprint density at radius 2 is 1.59 bits per heavy atom. The summed E-state index contributed by atoms with van der Waals surface area (Å²) in [6.45, 7) is 4.20. The average molecular weight is 569 g/mol. The molecule has 3 aromatic carbocycles. The maximum atomic E-state index is 12.5. The van der Waals surface area contributed by atoms with Crippen LogP contribution in [0.25, 0.3) is 22.2 Å². The predicted octanol–water partition coefficient (Wildman–Crippen LogP) is 6.02. The second kappa shape index (κ2) is 12.1. The van der Waals surface area contributed by atoms with Gasteiger partial charge in [0.15, 0.2) is 0 Å². The normalized spacial score (nSPS) is 13.0. The van der Waals surface area contributed by atoms with Gasteiger partial charge in [-0.05, 0) is 60.7 Å². The molecular weight excluding hydrogens is 541 g/mol. The zero-order valence-electron chi connectivity index (χ0n) is 22.0. The highest BCUT2D eigenvalue weighted by Gasteiger charge is 2.38. The van der Waals surface area contributed by atoms with E-state index in [9.17, 15) is 27.9 Å².